The second kappa shape index (κ2) is 5.44. The van der Waals surface area contributed by atoms with E-state index in [1.54, 1.807) is 5.51 Å². The number of halogens is 2. The third kappa shape index (κ3) is 3.15. The molecule has 0 unspecified atom stereocenters. The van der Waals surface area contributed by atoms with Crippen LogP contribution in [0.5, 0.6) is 0 Å². The minimum absolute atomic E-state index is 0.230. The van der Waals surface area contributed by atoms with Crippen molar-refractivity contribution in [1.29, 1.82) is 0 Å². The number of hydrogen-bond donors (Lipinski definition) is 1. The van der Waals surface area contributed by atoms with Crippen molar-refractivity contribution in [3.63, 3.8) is 0 Å². The highest BCUT2D eigenvalue weighted by molar-refractivity contribution is 7.07. The van der Waals surface area contributed by atoms with Gasteiger partial charge in [-0.1, -0.05) is 23.2 Å². The molecule has 2 aromatic heterocycles. The zero-order valence-corrected chi connectivity index (χ0v) is 10.8. The maximum Gasteiger partial charge on any atom is 0.253 e. The van der Waals surface area contributed by atoms with Crippen molar-refractivity contribution in [3.05, 3.63) is 44.6 Å². The summed E-state index contributed by atoms with van der Waals surface area (Å²) in [6.45, 7) is 0.360. The van der Waals surface area contributed by atoms with Gasteiger partial charge >= 0.3 is 0 Å². The highest BCUT2D eigenvalue weighted by Gasteiger charge is 2.11. The molecular formula is C10H7Cl2N3OS. The van der Waals surface area contributed by atoms with Crippen molar-refractivity contribution in [3.8, 4) is 0 Å². The number of nitrogens with zero attached hydrogens (tertiary/aromatic N) is 2. The fraction of sp³-hybridized carbons (Fsp3) is 0.100. The second-order valence-corrected chi connectivity index (χ2v) is 4.66. The summed E-state index contributed by atoms with van der Waals surface area (Å²) in [4.78, 5) is 19.6. The molecule has 0 spiro atoms. The molecule has 0 aliphatic rings. The minimum atomic E-state index is -0.299. The van der Waals surface area contributed by atoms with Crippen molar-refractivity contribution in [2.75, 3.05) is 0 Å². The number of carbonyl (C=O) groups is 1. The summed E-state index contributed by atoms with van der Waals surface area (Å²) in [7, 11) is 0. The molecule has 2 heterocycles. The van der Waals surface area contributed by atoms with Crippen LogP contribution >= 0.6 is 34.5 Å². The van der Waals surface area contributed by atoms with Gasteiger partial charge in [0.25, 0.3) is 5.91 Å². The molecule has 0 atom stereocenters. The van der Waals surface area contributed by atoms with E-state index in [1.165, 1.54) is 23.6 Å². The fourth-order valence-corrected chi connectivity index (χ4v) is 2.08. The predicted molar refractivity (Wildman–Crippen MR) is 67.5 cm³/mol. The summed E-state index contributed by atoms with van der Waals surface area (Å²) in [5.41, 5.74) is 2.82. The number of carbonyl (C=O) groups excluding carboxylic acids is 1. The molecule has 0 bridgehead atoms. The van der Waals surface area contributed by atoms with Gasteiger partial charge in [0.2, 0.25) is 0 Å². The molecular weight excluding hydrogens is 281 g/mol. The van der Waals surface area contributed by atoms with Crippen molar-refractivity contribution < 1.29 is 4.79 Å². The van der Waals surface area contributed by atoms with E-state index in [0.29, 0.717) is 12.1 Å². The van der Waals surface area contributed by atoms with Gasteiger partial charge in [0.15, 0.2) is 0 Å². The Morgan fingerprint density at radius 1 is 1.41 bits per heavy atom. The van der Waals surface area contributed by atoms with Crippen LogP contribution in [-0.2, 0) is 6.54 Å². The van der Waals surface area contributed by atoms with E-state index in [4.69, 9.17) is 23.2 Å². The molecule has 0 saturated carbocycles. The smallest absolute Gasteiger partial charge is 0.253 e. The lowest BCUT2D eigenvalue weighted by molar-refractivity contribution is 0.0950. The van der Waals surface area contributed by atoms with Crippen molar-refractivity contribution >= 4 is 40.4 Å². The topological polar surface area (TPSA) is 54.9 Å². The van der Waals surface area contributed by atoms with Gasteiger partial charge in [-0.15, -0.1) is 11.3 Å². The Hall–Kier alpha value is -1.17. The molecule has 0 aliphatic heterocycles. The van der Waals surface area contributed by atoms with Crippen LogP contribution in [0.25, 0.3) is 0 Å². The molecule has 0 saturated heterocycles. The van der Waals surface area contributed by atoms with Gasteiger partial charge in [-0.25, -0.2) is 9.97 Å². The Morgan fingerprint density at radius 3 is 2.94 bits per heavy atom. The van der Waals surface area contributed by atoms with E-state index in [1.807, 2.05) is 5.38 Å². The highest BCUT2D eigenvalue weighted by atomic mass is 35.5. The number of pyridine rings is 1. The van der Waals surface area contributed by atoms with Crippen LogP contribution in [-0.4, -0.2) is 15.9 Å². The number of rotatable bonds is 3. The van der Waals surface area contributed by atoms with Crippen LogP contribution in [0.3, 0.4) is 0 Å². The fourth-order valence-electron chi connectivity index (χ4n) is 1.18. The third-order valence-corrected chi connectivity index (χ3v) is 3.12. The van der Waals surface area contributed by atoms with Gasteiger partial charge in [0, 0.05) is 11.6 Å². The Kier molecular flexibility index (Phi) is 3.93. The van der Waals surface area contributed by atoms with Crippen LogP contribution in [0.4, 0.5) is 0 Å². The van der Waals surface area contributed by atoms with Crippen molar-refractivity contribution in [2.24, 2.45) is 0 Å². The Morgan fingerprint density at radius 2 is 2.24 bits per heavy atom. The van der Waals surface area contributed by atoms with E-state index in [9.17, 15) is 4.79 Å². The van der Waals surface area contributed by atoms with E-state index < -0.39 is 0 Å². The maximum atomic E-state index is 11.8. The van der Waals surface area contributed by atoms with Gasteiger partial charge in [-0.2, -0.15) is 0 Å². The SMILES string of the molecule is O=C(NCc1cscn1)c1cc(Cl)ncc1Cl. The molecule has 2 aromatic rings. The van der Waals surface area contributed by atoms with E-state index in [-0.39, 0.29) is 16.1 Å². The average molecular weight is 288 g/mol. The second-order valence-electron chi connectivity index (χ2n) is 3.15. The van der Waals surface area contributed by atoms with Crippen molar-refractivity contribution in [2.45, 2.75) is 6.54 Å². The van der Waals surface area contributed by atoms with Gasteiger partial charge in [-0.05, 0) is 6.07 Å². The highest BCUT2D eigenvalue weighted by Crippen LogP contribution is 2.17. The average Bonchev–Trinajstić information content (AvgIpc) is 2.82. The first-order chi connectivity index (χ1) is 8.16. The Labute approximate surface area is 112 Å². The first-order valence-corrected chi connectivity index (χ1v) is 6.33. The van der Waals surface area contributed by atoms with Crippen molar-refractivity contribution in [1.82, 2.24) is 15.3 Å². The molecule has 2 rings (SSSR count). The lowest BCUT2D eigenvalue weighted by atomic mass is 10.2. The minimum Gasteiger partial charge on any atom is -0.346 e. The van der Waals surface area contributed by atoms with Crippen LogP contribution in [0, 0.1) is 0 Å². The Bertz CT molecular complexity index is 530. The molecule has 4 nitrogen and oxygen atoms in total. The van der Waals surface area contributed by atoms with Crippen LogP contribution < -0.4 is 5.32 Å². The molecule has 0 fully saturated rings. The van der Waals surface area contributed by atoms with Gasteiger partial charge in [0.05, 0.1) is 28.3 Å². The lowest BCUT2D eigenvalue weighted by Crippen LogP contribution is -2.23. The normalized spacial score (nSPS) is 10.2. The quantitative estimate of drug-likeness (QED) is 0.884. The molecule has 0 aromatic carbocycles. The number of nitrogens with one attached hydrogen (secondary N) is 1. The van der Waals surface area contributed by atoms with E-state index in [0.717, 1.165) is 5.69 Å². The molecule has 17 heavy (non-hydrogen) atoms. The first-order valence-electron chi connectivity index (χ1n) is 4.63. The summed E-state index contributed by atoms with van der Waals surface area (Å²) in [6.07, 6.45) is 1.35. The zero-order valence-electron chi connectivity index (χ0n) is 8.48. The van der Waals surface area contributed by atoms with Gasteiger partial charge in [0.1, 0.15) is 5.15 Å². The van der Waals surface area contributed by atoms with Crippen LogP contribution in [0.15, 0.2) is 23.2 Å². The molecule has 1 N–H and O–H groups in total. The molecule has 0 aliphatic carbocycles. The molecule has 1 amide bonds. The number of aromatic nitrogens is 2. The van der Waals surface area contributed by atoms with Crippen LogP contribution in [0.2, 0.25) is 10.2 Å². The number of hydrogen-bond acceptors (Lipinski definition) is 4. The van der Waals surface area contributed by atoms with E-state index >= 15 is 0 Å². The predicted octanol–water partition coefficient (Wildman–Crippen LogP) is 2.77. The number of amides is 1. The summed E-state index contributed by atoms with van der Waals surface area (Å²) in [6, 6.07) is 1.43. The molecule has 7 heteroatoms. The standard InChI is InChI=1S/C10H7Cl2N3OS/c11-8-3-13-9(12)1-7(8)10(16)14-2-6-4-17-5-15-6/h1,3-5H,2H2,(H,14,16). The monoisotopic (exact) mass is 287 g/mol. The first kappa shape index (κ1) is 12.3. The third-order valence-electron chi connectivity index (χ3n) is 1.98. The van der Waals surface area contributed by atoms with Gasteiger partial charge < -0.3 is 5.32 Å². The largest absolute Gasteiger partial charge is 0.346 e. The van der Waals surface area contributed by atoms with Gasteiger partial charge in [-0.3, -0.25) is 4.79 Å². The maximum absolute atomic E-state index is 11.8. The molecule has 0 radical (unpaired) electrons. The van der Waals surface area contributed by atoms with E-state index in [2.05, 4.69) is 15.3 Å². The lowest BCUT2D eigenvalue weighted by Gasteiger charge is -2.05. The summed E-state index contributed by atoms with van der Waals surface area (Å²) in [5.74, 6) is -0.299. The Balaban J connectivity index is 2.07. The summed E-state index contributed by atoms with van der Waals surface area (Å²) < 4.78 is 0. The molecule has 88 valence electrons. The summed E-state index contributed by atoms with van der Waals surface area (Å²) >= 11 is 13.0. The van der Waals surface area contributed by atoms with Crippen LogP contribution in [0.1, 0.15) is 16.1 Å². The zero-order chi connectivity index (χ0) is 12.3. The number of thiazole rings is 1. The summed E-state index contributed by atoms with van der Waals surface area (Å²) in [5, 5.41) is 5.06.